The number of carbonyl (C=O) groups is 8. The van der Waals surface area contributed by atoms with E-state index in [9.17, 15) is 62.3 Å². The minimum Gasteiger partial charge on any atom is -0.478 e. The van der Waals surface area contributed by atoms with Gasteiger partial charge >= 0.3 is 5.97 Å². The van der Waals surface area contributed by atoms with Crippen molar-refractivity contribution in [3.05, 3.63) is 106 Å². The summed E-state index contributed by atoms with van der Waals surface area (Å²) in [5.41, 5.74) is 2.33. The number of alkyl halides is 2. The van der Waals surface area contributed by atoms with E-state index in [1.54, 1.807) is 24.3 Å². The number of thioether (sulfide) groups is 1. The lowest BCUT2D eigenvalue weighted by Crippen LogP contribution is -2.48. The van der Waals surface area contributed by atoms with Crippen molar-refractivity contribution in [1.82, 2.24) is 20.5 Å². The molecule has 0 spiro atoms. The van der Waals surface area contributed by atoms with Gasteiger partial charge in [0.1, 0.15) is 35.0 Å². The van der Waals surface area contributed by atoms with Crippen LogP contribution in [0.25, 0.3) is 33.4 Å². The van der Waals surface area contributed by atoms with Gasteiger partial charge in [-0.2, -0.15) is 5.26 Å². The summed E-state index contributed by atoms with van der Waals surface area (Å²) >= 11 is 1.02. The van der Waals surface area contributed by atoms with E-state index in [4.69, 9.17) is 4.42 Å². The molecule has 2 saturated heterocycles. The van der Waals surface area contributed by atoms with Crippen molar-refractivity contribution in [2.75, 3.05) is 17.2 Å². The molecule has 3 aromatic rings. The molecule has 3 aliphatic heterocycles. The van der Waals surface area contributed by atoms with Crippen LogP contribution in [-0.2, 0) is 35.3 Å². The Bertz CT molecular complexity index is 3020. The molecule has 2 fully saturated rings. The molecule has 4 heterocycles. The number of aromatic carboxylic acids is 1. The number of ketones is 2. The second-order valence-corrected chi connectivity index (χ2v) is 18.2. The number of nitrogens with one attached hydrogen (secondary N) is 2. The molecule has 0 saturated carbocycles. The van der Waals surface area contributed by atoms with Gasteiger partial charge in [-0.3, -0.25) is 43.3 Å². The molecule has 4 atom stereocenters. The summed E-state index contributed by atoms with van der Waals surface area (Å²) in [5.74, 6) is -9.22. The number of hydrogen-bond donors (Lipinski definition) is 3. The van der Waals surface area contributed by atoms with E-state index in [2.05, 4.69) is 15.6 Å². The van der Waals surface area contributed by atoms with Crippen LogP contribution in [-0.4, -0.2) is 97.6 Å². The Kier molecular flexibility index (Phi) is 14.5. The van der Waals surface area contributed by atoms with Gasteiger partial charge in [-0.25, -0.2) is 18.5 Å². The molecule has 0 bridgehead atoms. The Morgan fingerprint density at radius 1 is 1.00 bits per heavy atom. The minimum absolute atomic E-state index is 0.00493. The topological polar surface area (TPSA) is 254 Å². The van der Waals surface area contributed by atoms with E-state index >= 15 is 0 Å². The Morgan fingerprint density at radius 3 is 2.48 bits per heavy atom. The average Bonchev–Trinajstić information content (AvgIpc) is 3.79. The Morgan fingerprint density at radius 2 is 1.75 bits per heavy atom. The number of halogens is 2. The van der Waals surface area contributed by atoms with Crippen LogP contribution in [0.4, 0.5) is 14.5 Å². The molecule has 2 aromatic carbocycles. The van der Waals surface area contributed by atoms with Crippen molar-refractivity contribution in [3.63, 3.8) is 0 Å². The molecule has 5 amide bonds. The van der Waals surface area contributed by atoms with Crippen molar-refractivity contribution in [2.45, 2.75) is 82.7 Å². The molecular weight excluding hydrogens is 919 g/mol. The third-order valence-corrected chi connectivity index (χ3v) is 13.2. The van der Waals surface area contributed by atoms with Crippen LogP contribution in [0, 0.1) is 24.2 Å². The summed E-state index contributed by atoms with van der Waals surface area (Å²) < 4.78 is 33.8. The van der Waals surface area contributed by atoms with Gasteiger partial charge in [-0.1, -0.05) is 18.2 Å². The number of nitriles is 1. The quantitative estimate of drug-likeness (QED) is 0.0772. The van der Waals surface area contributed by atoms with Crippen LogP contribution in [0.2, 0.25) is 0 Å². The van der Waals surface area contributed by atoms with E-state index < -0.39 is 83.4 Å². The zero-order valence-corrected chi connectivity index (χ0v) is 38.2. The molecule has 20 heteroatoms. The van der Waals surface area contributed by atoms with Crippen molar-refractivity contribution in [3.8, 4) is 28.5 Å². The van der Waals surface area contributed by atoms with Crippen LogP contribution in [0.1, 0.15) is 77.9 Å². The fraction of sp³-hybridized carbons (Fsp3) is 0.327. The summed E-state index contributed by atoms with van der Waals surface area (Å²) in [6, 6.07) is 15.6. The number of hydrogen-bond acceptors (Lipinski definition) is 13. The monoisotopic (exact) mass is 962 g/mol. The smallest absolute Gasteiger partial charge is 0.336 e. The summed E-state index contributed by atoms with van der Waals surface area (Å²) in [5, 5.41) is 24.3. The molecule has 2 unspecified atom stereocenters. The first-order chi connectivity index (χ1) is 32.7. The van der Waals surface area contributed by atoms with E-state index in [0.29, 0.717) is 22.1 Å². The normalized spacial score (nSPS) is 17.4. The first-order valence-corrected chi connectivity index (χ1v) is 22.7. The fourth-order valence-corrected chi connectivity index (χ4v) is 9.60. The number of rotatable bonds is 17. The highest BCUT2D eigenvalue weighted by molar-refractivity contribution is 8.00. The zero-order valence-electron chi connectivity index (χ0n) is 37.4. The summed E-state index contributed by atoms with van der Waals surface area (Å²) in [4.78, 5) is 122. The van der Waals surface area contributed by atoms with E-state index in [-0.39, 0.29) is 83.0 Å². The van der Waals surface area contributed by atoms with Crippen LogP contribution in [0.3, 0.4) is 0 Å². The summed E-state index contributed by atoms with van der Waals surface area (Å²) in [7, 11) is 0. The van der Waals surface area contributed by atoms with E-state index in [1.807, 2.05) is 13.0 Å². The number of carboxylic acids is 1. The number of fused-ring (bicyclic) bond motifs is 2. The number of carbonyl (C=O) groups excluding carboxylic acids is 7. The van der Waals surface area contributed by atoms with Gasteiger partial charge in [-0.05, 0) is 74.4 Å². The third kappa shape index (κ3) is 11.0. The first kappa shape index (κ1) is 49.3. The molecule has 1 aromatic heterocycles. The lowest BCUT2D eigenvalue weighted by molar-refractivity contribution is -0.134. The van der Waals surface area contributed by atoms with Gasteiger partial charge in [0.15, 0.2) is 5.43 Å². The number of carboxylic acid groups (broad SMARTS) is 1. The number of Topliss-reactive ketones (excluding diaryl/α,β-unsaturated/α-hetero) is 2. The molecule has 17 nitrogen and oxygen atoms in total. The zero-order chi connectivity index (χ0) is 49.9. The number of nitrogens with zero attached hydrogens (tertiary/aromatic N) is 4. The third-order valence-electron chi connectivity index (χ3n) is 11.9. The van der Waals surface area contributed by atoms with Crippen molar-refractivity contribution >= 4 is 75.5 Å². The maximum atomic E-state index is 13.9. The summed E-state index contributed by atoms with van der Waals surface area (Å²) in [6.45, 7) is 3.38. The van der Waals surface area contributed by atoms with Gasteiger partial charge in [0.25, 0.3) is 11.8 Å². The van der Waals surface area contributed by atoms with Crippen LogP contribution in [0.5, 0.6) is 0 Å². The molecule has 3 N–H and O–H groups in total. The molecule has 1 aliphatic carbocycles. The van der Waals surface area contributed by atoms with Gasteiger partial charge < -0.3 is 25.1 Å². The van der Waals surface area contributed by atoms with Crippen molar-refractivity contribution < 1.29 is 56.7 Å². The predicted molar refractivity (Wildman–Crippen MR) is 246 cm³/mol. The SMILES string of the molecule is CC(=O)C(CSC1CC(=O)N(c2ccc(-c3c4ccc(=O)cc-4oc4cc(C)ccc34)c(C(=O)O)c2)C1=O)CC(=O)CCC(=O)NCc1cc(C(=O)N[C@H](C)C(=O)N2CC(F)(F)C[C@H]2C#N)ccn1. The number of benzene rings is 3. The Labute approximate surface area is 396 Å². The predicted octanol–water partition coefficient (Wildman–Crippen LogP) is 5.47. The second kappa shape index (κ2) is 20.3. The lowest BCUT2D eigenvalue weighted by Gasteiger charge is -2.23. The number of likely N-dealkylation sites (tertiary alicyclic amines) is 1. The Hall–Kier alpha value is -7.66. The first-order valence-electron chi connectivity index (χ1n) is 21.7. The number of pyridine rings is 1. The minimum atomic E-state index is -3.22. The number of amides is 5. The highest BCUT2D eigenvalue weighted by atomic mass is 32.2. The molecule has 4 aliphatic rings. The van der Waals surface area contributed by atoms with Gasteiger partial charge in [0, 0.05) is 78.1 Å². The van der Waals surface area contributed by atoms with Gasteiger partial charge in [0.05, 0.1) is 41.4 Å². The fourth-order valence-electron chi connectivity index (χ4n) is 8.27. The standard InChI is InChI=1S/C49H44F2N6O11S/c1-25-4-8-36-39(14-25)68-40-18-34(60)6-10-37(40)44(36)35-9-5-31(17-38(35)48(66)67)57-43(62)19-41(47(57)65)69-23-29(27(3)58)16-33(59)7-11-42(61)54-22-30-15-28(12-13-53-30)45(63)55-26(2)46(64)56-24-49(50,51)20-32(56)21-52/h4-6,8-10,12-15,17-18,26,29,32,41H,7,11,16,19-20,22-24H2,1-3H3,(H,54,61)(H,55,63)(H,66,67)/t26-,29?,32+,41?/m1/s1. The van der Waals surface area contributed by atoms with Gasteiger partial charge in [-0.15, -0.1) is 11.8 Å². The highest BCUT2D eigenvalue weighted by Crippen LogP contribution is 2.43. The average molecular weight is 963 g/mol. The summed E-state index contributed by atoms with van der Waals surface area (Å²) in [6.07, 6.45) is -0.459. The van der Waals surface area contributed by atoms with E-state index in [0.717, 1.165) is 27.1 Å². The number of anilines is 1. The molecule has 0 radical (unpaired) electrons. The van der Waals surface area contributed by atoms with Crippen LogP contribution < -0.4 is 21.0 Å². The van der Waals surface area contributed by atoms with Crippen LogP contribution >= 0.6 is 11.8 Å². The van der Waals surface area contributed by atoms with Gasteiger partial charge in [0.2, 0.25) is 23.6 Å². The molecular formula is C49H44F2N6O11S. The molecule has 69 heavy (non-hydrogen) atoms. The maximum Gasteiger partial charge on any atom is 0.336 e. The van der Waals surface area contributed by atoms with Crippen molar-refractivity contribution in [2.24, 2.45) is 5.92 Å². The Balaban J connectivity index is 0.920. The van der Waals surface area contributed by atoms with Crippen LogP contribution in [0.15, 0.2) is 82.1 Å². The maximum absolute atomic E-state index is 13.9. The molecule has 7 rings (SSSR count). The second-order valence-electron chi connectivity index (χ2n) is 17.0. The number of imide groups is 1. The molecule has 356 valence electrons. The largest absolute Gasteiger partial charge is 0.478 e. The lowest BCUT2D eigenvalue weighted by atomic mass is 9.90. The highest BCUT2D eigenvalue weighted by Gasteiger charge is 2.48. The number of aryl methyl sites for hydroxylation is 1. The van der Waals surface area contributed by atoms with Crippen molar-refractivity contribution in [1.29, 1.82) is 5.26 Å². The van der Waals surface area contributed by atoms with E-state index in [1.165, 1.54) is 62.5 Å². The number of aromatic nitrogens is 1.